The molecule has 2 atom stereocenters. The third kappa shape index (κ3) is 18.7. The topological polar surface area (TPSA) is 40.5 Å². The lowest BCUT2D eigenvalue weighted by Gasteiger charge is -2.17. The van der Waals surface area contributed by atoms with Gasteiger partial charge in [-0.05, 0) is 12.8 Å². The van der Waals surface area contributed by atoms with Crippen molar-refractivity contribution < 1.29 is 10.2 Å². The zero-order valence-electron chi connectivity index (χ0n) is 18.2. The van der Waals surface area contributed by atoms with Crippen LogP contribution in [0.25, 0.3) is 0 Å². The third-order valence-electron chi connectivity index (χ3n) is 5.65. The van der Waals surface area contributed by atoms with Crippen LogP contribution in [0.15, 0.2) is 0 Å². The van der Waals surface area contributed by atoms with Gasteiger partial charge in [-0.15, -0.1) is 0 Å². The molecule has 0 aliphatic rings. The first kappa shape index (κ1) is 25.9. The minimum Gasteiger partial charge on any atom is -0.390 e. The minimum absolute atomic E-state index is 0.506. The summed E-state index contributed by atoms with van der Waals surface area (Å²) >= 11 is 0. The van der Waals surface area contributed by atoms with E-state index < -0.39 is 12.2 Å². The Hall–Kier alpha value is -0.0800. The molecular weight excluding hydrogens is 320 g/mol. The van der Waals surface area contributed by atoms with E-state index in [0.717, 1.165) is 25.7 Å². The molecule has 0 radical (unpaired) electrons. The Morgan fingerprint density at radius 1 is 0.385 bits per heavy atom. The summed E-state index contributed by atoms with van der Waals surface area (Å²) in [4.78, 5) is 0. The molecular formula is C24H50O2. The molecule has 0 amide bonds. The van der Waals surface area contributed by atoms with Crippen molar-refractivity contribution in [1.29, 1.82) is 0 Å². The van der Waals surface area contributed by atoms with Crippen molar-refractivity contribution in [1.82, 2.24) is 0 Å². The molecule has 0 aliphatic carbocycles. The summed E-state index contributed by atoms with van der Waals surface area (Å²) in [5.74, 6) is 0. The molecule has 0 saturated heterocycles. The highest BCUT2D eigenvalue weighted by atomic mass is 16.3. The van der Waals surface area contributed by atoms with Gasteiger partial charge in [0, 0.05) is 0 Å². The van der Waals surface area contributed by atoms with Crippen molar-refractivity contribution in [3.05, 3.63) is 0 Å². The van der Waals surface area contributed by atoms with Crippen LogP contribution in [0.1, 0.15) is 142 Å². The molecule has 0 aromatic carbocycles. The van der Waals surface area contributed by atoms with Gasteiger partial charge in [0.15, 0.2) is 0 Å². The Morgan fingerprint density at radius 3 is 0.885 bits per heavy atom. The van der Waals surface area contributed by atoms with E-state index in [1.807, 2.05) is 0 Å². The van der Waals surface area contributed by atoms with Gasteiger partial charge in [-0.1, -0.05) is 129 Å². The van der Waals surface area contributed by atoms with Gasteiger partial charge in [-0.3, -0.25) is 0 Å². The molecule has 0 saturated carbocycles. The average Bonchev–Trinajstić information content (AvgIpc) is 2.65. The van der Waals surface area contributed by atoms with Crippen LogP contribution in [0.5, 0.6) is 0 Å². The maximum Gasteiger partial charge on any atom is 0.0799 e. The minimum atomic E-state index is -0.506. The maximum atomic E-state index is 10.1. The normalized spacial score (nSPS) is 13.8. The van der Waals surface area contributed by atoms with E-state index in [1.165, 1.54) is 103 Å². The van der Waals surface area contributed by atoms with Gasteiger partial charge in [-0.25, -0.2) is 0 Å². The SMILES string of the molecule is CCCCCCCCCCC[C@@H](O)[C@@H](O)CCCCCCCCCCC. The van der Waals surface area contributed by atoms with Gasteiger partial charge in [0.05, 0.1) is 12.2 Å². The lowest BCUT2D eigenvalue weighted by atomic mass is 9.99. The van der Waals surface area contributed by atoms with Crippen molar-refractivity contribution in [2.45, 2.75) is 154 Å². The molecule has 0 unspecified atom stereocenters. The van der Waals surface area contributed by atoms with Crippen molar-refractivity contribution in [3.63, 3.8) is 0 Å². The van der Waals surface area contributed by atoms with Gasteiger partial charge in [-0.2, -0.15) is 0 Å². The Morgan fingerprint density at radius 2 is 0.615 bits per heavy atom. The lowest BCUT2D eigenvalue weighted by molar-refractivity contribution is 0.00711. The molecule has 2 heteroatoms. The number of rotatable bonds is 21. The van der Waals surface area contributed by atoms with Gasteiger partial charge in [0.1, 0.15) is 0 Å². The van der Waals surface area contributed by atoms with Crippen molar-refractivity contribution in [3.8, 4) is 0 Å². The maximum absolute atomic E-state index is 10.1. The molecule has 2 nitrogen and oxygen atoms in total. The van der Waals surface area contributed by atoms with E-state index in [9.17, 15) is 10.2 Å². The molecule has 2 N–H and O–H groups in total. The summed E-state index contributed by atoms with van der Waals surface area (Å²) in [6.07, 6.45) is 24.0. The second-order valence-electron chi connectivity index (χ2n) is 8.37. The van der Waals surface area contributed by atoms with Crippen molar-refractivity contribution in [2.75, 3.05) is 0 Å². The fourth-order valence-corrected chi connectivity index (χ4v) is 3.71. The fourth-order valence-electron chi connectivity index (χ4n) is 3.71. The quantitative estimate of drug-likeness (QED) is 0.205. The summed E-state index contributed by atoms with van der Waals surface area (Å²) in [5, 5.41) is 20.2. The predicted molar refractivity (Wildman–Crippen MR) is 116 cm³/mol. The number of aliphatic hydroxyl groups is 2. The van der Waals surface area contributed by atoms with Gasteiger partial charge >= 0.3 is 0 Å². The number of hydrogen-bond donors (Lipinski definition) is 2. The summed E-state index contributed by atoms with van der Waals surface area (Å²) in [7, 11) is 0. The van der Waals surface area contributed by atoms with E-state index in [4.69, 9.17) is 0 Å². The molecule has 0 heterocycles. The van der Waals surface area contributed by atoms with Crippen LogP contribution in [0.4, 0.5) is 0 Å². The van der Waals surface area contributed by atoms with Crippen LogP contribution >= 0.6 is 0 Å². The number of unbranched alkanes of at least 4 members (excludes halogenated alkanes) is 16. The average molecular weight is 371 g/mol. The largest absolute Gasteiger partial charge is 0.390 e. The zero-order chi connectivity index (χ0) is 19.3. The van der Waals surface area contributed by atoms with Crippen LogP contribution in [0, 0.1) is 0 Å². The van der Waals surface area contributed by atoms with E-state index in [1.54, 1.807) is 0 Å². The first-order valence-corrected chi connectivity index (χ1v) is 12.1. The summed E-state index contributed by atoms with van der Waals surface area (Å²) < 4.78 is 0. The Kier molecular flexibility index (Phi) is 21.2. The molecule has 0 bridgehead atoms. The Labute approximate surface area is 165 Å². The predicted octanol–water partition coefficient (Wildman–Crippen LogP) is 7.55. The zero-order valence-corrected chi connectivity index (χ0v) is 18.2. The Bertz CT molecular complexity index is 229. The van der Waals surface area contributed by atoms with Crippen molar-refractivity contribution in [2.24, 2.45) is 0 Å². The van der Waals surface area contributed by atoms with Crippen LogP contribution in [0.3, 0.4) is 0 Å². The third-order valence-corrected chi connectivity index (χ3v) is 5.65. The van der Waals surface area contributed by atoms with E-state index >= 15 is 0 Å². The van der Waals surface area contributed by atoms with Crippen LogP contribution in [-0.4, -0.2) is 22.4 Å². The summed E-state index contributed by atoms with van der Waals surface area (Å²) in [6, 6.07) is 0. The molecule has 0 aromatic rings. The molecule has 0 fully saturated rings. The van der Waals surface area contributed by atoms with E-state index in [-0.39, 0.29) is 0 Å². The second-order valence-corrected chi connectivity index (χ2v) is 8.37. The highest BCUT2D eigenvalue weighted by Gasteiger charge is 2.15. The molecule has 0 spiro atoms. The highest BCUT2D eigenvalue weighted by Crippen LogP contribution is 2.16. The number of hydrogen-bond acceptors (Lipinski definition) is 2. The van der Waals surface area contributed by atoms with Crippen LogP contribution in [-0.2, 0) is 0 Å². The van der Waals surface area contributed by atoms with Gasteiger partial charge in [0.25, 0.3) is 0 Å². The molecule has 0 aliphatic heterocycles. The van der Waals surface area contributed by atoms with E-state index in [0.29, 0.717) is 0 Å². The van der Waals surface area contributed by atoms with Crippen molar-refractivity contribution >= 4 is 0 Å². The summed E-state index contributed by atoms with van der Waals surface area (Å²) in [5.41, 5.74) is 0. The van der Waals surface area contributed by atoms with Crippen LogP contribution < -0.4 is 0 Å². The van der Waals surface area contributed by atoms with E-state index in [2.05, 4.69) is 13.8 Å². The molecule has 0 aromatic heterocycles. The molecule has 0 rings (SSSR count). The van der Waals surface area contributed by atoms with Gasteiger partial charge < -0.3 is 10.2 Å². The first-order valence-electron chi connectivity index (χ1n) is 12.1. The monoisotopic (exact) mass is 370 g/mol. The lowest BCUT2D eigenvalue weighted by Crippen LogP contribution is -2.25. The smallest absolute Gasteiger partial charge is 0.0799 e. The number of aliphatic hydroxyl groups excluding tert-OH is 2. The fraction of sp³-hybridized carbons (Fsp3) is 1.00. The molecule has 158 valence electrons. The highest BCUT2D eigenvalue weighted by molar-refractivity contribution is 4.67. The second kappa shape index (κ2) is 21.2. The molecule has 26 heavy (non-hydrogen) atoms. The van der Waals surface area contributed by atoms with Gasteiger partial charge in [0.2, 0.25) is 0 Å². The standard InChI is InChI=1S/C24H50O2/c1-3-5-7-9-11-13-15-17-19-21-23(25)24(26)22-20-18-16-14-12-10-8-6-4-2/h23-26H,3-22H2,1-2H3/t23-,24+. The summed E-state index contributed by atoms with van der Waals surface area (Å²) in [6.45, 7) is 4.52. The first-order chi connectivity index (χ1) is 12.7. The Balaban J connectivity index is 3.31. The van der Waals surface area contributed by atoms with Crippen LogP contribution in [0.2, 0.25) is 0 Å².